The van der Waals surface area contributed by atoms with Crippen molar-refractivity contribution >= 4 is 5.78 Å². The Morgan fingerprint density at radius 1 is 0.977 bits per heavy atom. The van der Waals surface area contributed by atoms with Gasteiger partial charge in [-0.05, 0) is 109 Å². The maximum atomic E-state index is 14.8. The Labute approximate surface area is 258 Å². The highest BCUT2D eigenvalue weighted by molar-refractivity contribution is 5.95. The molecule has 0 aromatic rings. The Morgan fingerprint density at radius 2 is 1.70 bits per heavy atom. The normalized spacial score (nSPS) is 57.0. The molecule has 1 spiro atoms. The monoisotopic (exact) mass is 596 g/mol. The van der Waals surface area contributed by atoms with Gasteiger partial charge in [0.1, 0.15) is 0 Å². The van der Waals surface area contributed by atoms with Crippen molar-refractivity contribution in [1.29, 1.82) is 0 Å². The predicted octanol–water partition coefficient (Wildman–Crippen LogP) is 4.96. The molecule has 7 rings (SSSR count). The first-order valence-electron chi connectivity index (χ1n) is 17.2. The third-order valence-corrected chi connectivity index (χ3v) is 16.3. The Kier molecular flexibility index (Phi) is 6.29. The van der Waals surface area contributed by atoms with Crippen molar-refractivity contribution in [3.63, 3.8) is 0 Å². The number of rotatable bonds is 3. The Morgan fingerprint density at radius 3 is 2.37 bits per heavy atom. The number of carbonyl (C=O) groups excluding carboxylic acids is 1. The summed E-state index contributed by atoms with van der Waals surface area (Å²) in [6.45, 7) is 12.9. The second-order valence-corrected chi connectivity index (χ2v) is 18.2. The molecule has 0 bridgehead atoms. The minimum atomic E-state index is -1.17. The largest absolute Gasteiger partial charge is 0.396 e. The summed E-state index contributed by atoms with van der Waals surface area (Å²) in [5, 5.41) is 57.1. The molecule has 0 aromatic carbocycles. The van der Waals surface area contributed by atoms with E-state index in [-0.39, 0.29) is 41.0 Å². The lowest BCUT2D eigenvalue weighted by atomic mass is 9.28. The van der Waals surface area contributed by atoms with E-state index in [4.69, 9.17) is 0 Å². The Balaban J connectivity index is 1.43. The molecular weight excluding hydrogens is 540 g/mol. The molecule has 0 heterocycles. The number of allylic oxidation sites excluding steroid dienone is 3. The van der Waals surface area contributed by atoms with E-state index in [0.717, 1.165) is 44.9 Å². The van der Waals surface area contributed by atoms with Crippen molar-refractivity contribution < 1.29 is 30.3 Å². The fourth-order valence-corrected chi connectivity index (χ4v) is 14.6. The van der Waals surface area contributed by atoms with Crippen LogP contribution in [0.5, 0.6) is 0 Å². The highest BCUT2D eigenvalue weighted by Crippen LogP contribution is 2.82. The number of aliphatic hydroxyl groups is 5. The molecule has 13 unspecified atom stereocenters. The summed E-state index contributed by atoms with van der Waals surface area (Å²) in [4.78, 5) is 14.8. The predicted molar refractivity (Wildman–Crippen MR) is 165 cm³/mol. The zero-order valence-corrected chi connectivity index (χ0v) is 27.3. The molecule has 0 radical (unpaired) electrons. The lowest BCUT2D eigenvalue weighted by Gasteiger charge is -2.76. The van der Waals surface area contributed by atoms with Gasteiger partial charge in [-0.25, -0.2) is 0 Å². The second kappa shape index (κ2) is 8.85. The zero-order chi connectivity index (χ0) is 31.2. The molecule has 5 saturated carbocycles. The van der Waals surface area contributed by atoms with Crippen molar-refractivity contribution in [2.45, 2.75) is 124 Å². The molecule has 6 heteroatoms. The van der Waals surface area contributed by atoms with Gasteiger partial charge in [-0.3, -0.25) is 4.79 Å². The van der Waals surface area contributed by atoms with Crippen molar-refractivity contribution in [2.75, 3.05) is 13.2 Å². The SMILES string of the molecule is CC1(C)CC2C3=CC(=O)C4C5(C)CCC(O)C(C)(C(O)CO)C5CCC4(C)C3(C)CC3(O)C=CC4CCCC4(C1)C23CO. The molecule has 0 aromatic heterocycles. The van der Waals surface area contributed by atoms with Crippen LogP contribution in [0.1, 0.15) is 106 Å². The quantitative estimate of drug-likeness (QED) is 0.294. The highest BCUT2D eigenvalue weighted by atomic mass is 16.3. The van der Waals surface area contributed by atoms with Crippen molar-refractivity contribution in [3.05, 3.63) is 23.8 Å². The van der Waals surface area contributed by atoms with Gasteiger partial charge < -0.3 is 25.5 Å². The Hall–Kier alpha value is -1.05. The average Bonchev–Trinajstić information content (AvgIpc) is 3.33. The summed E-state index contributed by atoms with van der Waals surface area (Å²) >= 11 is 0. The molecule has 43 heavy (non-hydrogen) atoms. The summed E-state index contributed by atoms with van der Waals surface area (Å²) in [5.41, 5.74) is -3.18. The summed E-state index contributed by atoms with van der Waals surface area (Å²) in [5.74, 6) is -0.0522. The van der Waals surface area contributed by atoms with Crippen LogP contribution in [0.4, 0.5) is 0 Å². The smallest absolute Gasteiger partial charge is 0.159 e. The first-order valence-corrected chi connectivity index (χ1v) is 17.2. The minimum Gasteiger partial charge on any atom is -0.396 e. The van der Waals surface area contributed by atoms with E-state index < -0.39 is 51.5 Å². The van der Waals surface area contributed by atoms with E-state index in [1.165, 1.54) is 5.57 Å². The van der Waals surface area contributed by atoms with Crippen LogP contribution in [-0.4, -0.2) is 62.3 Å². The van der Waals surface area contributed by atoms with Gasteiger partial charge in [0.05, 0.1) is 31.0 Å². The number of ketones is 1. The van der Waals surface area contributed by atoms with Gasteiger partial charge in [0.25, 0.3) is 0 Å². The zero-order valence-electron chi connectivity index (χ0n) is 27.3. The van der Waals surface area contributed by atoms with Crippen LogP contribution in [0.25, 0.3) is 0 Å². The molecule has 0 saturated heterocycles. The van der Waals surface area contributed by atoms with E-state index in [2.05, 4.69) is 46.8 Å². The van der Waals surface area contributed by atoms with Crippen LogP contribution < -0.4 is 0 Å². The fraction of sp³-hybridized carbons (Fsp3) is 0.865. The van der Waals surface area contributed by atoms with Crippen LogP contribution in [0.3, 0.4) is 0 Å². The summed E-state index contributed by atoms with van der Waals surface area (Å²) in [7, 11) is 0. The van der Waals surface area contributed by atoms with Crippen LogP contribution >= 0.6 is 0 Å². The fourth-order valence-electron chi connectivity index (χ4n) is 14.6. The van der Waals surface area contributed by atoms with E-state index in [1.807, 2.05) is 13.0 Å². The number of aliphatic hydroxyl groups excluding tert-OH is 4. The maximum absolute atomic E-state index is 14.8. The van der Waals surface area contributed by atoms with Crippen molar-refractivity contribution in [3.8, 4) is 0 Å². The number of carbonyl (C=O) groups is 1. The van der Waals surface area contributed by atoms with Crippen LogP contribution in [-0.2, 0) is 4.79 Å². The standard InChI is InChI=1S/C37H56O6/c1-30(2)17-24-23-16-25(40)29-31(3)13-11-27(41)34(6,28(42)18-38)26(31)10-14-32(29,4)33(23,5)20-36(43)15-9-22-8-7-12-35(22,19-30)37(24,36)21-39/h9,15-16,22,24,26-29,38-39,41-43H,7-8,10-14,17-21H2,1-6H3. The number of hydrogen-bond donors (Lipinski definition) is 5. The lowest BCUT2D eigenvalue weighted by Crippen LogP contribution is -2.76. The van der Waals surface area contributed by atoms with Gasteiger partial charge >= 0.3 is 0 Å². The topological polar surface area (TPSA) is 118 Å². The highest BCUT2D eigenvalue weighted by Gasteiger charge is 2.79. The van der Waals surface area contributed by atoms with Crippen molar-refractivity contribution in [1.82, 2.24) is 0 Å². The molecule has 13 atom stereocenters. The number of hydrogen-bond acceptors (Lipinski definition) is 6. The van der Waals surface area contributed by atoms with E-state index in [9.17, 15) is 30.3 Å². The third-order valence-electron chi connectivity index (χ3n) is 16.3. The maximum Gasteiger partial charge on any atom is 0.159 e. The van der Waals surface area contributed by atoms with E-state index >= 15 is 0 Å². The third kappa shape index (κ3) is 3.22. The first-order chi connectivity index (χ1) is 20.0. The first kappa shape index (κ1) is 30.6. The molecule has 7 aliphatic carbocycles. The van der Waals surface area contributed by atoms with Gasteiger partial charge in [0.2, 0.25) is 0 Å². The summed E-state index contributed by atoms with van der Waals surface area (Å²) in [6, 6.07) is 0. The molecule has 5 fully saturated rings. The molecule has 5 N–H and O–H groups in total. The summed E-state index contributed by atoms with van der Waals surface area (Å²) < 4.78 is 0. The minimum absolute atomic E-state index is 0.0172. The van der Waals surface area contributed by atoms with Gasteiger partial charge in [0, 0.05) is 16.7 Å². The van der Waals surface area contributed by atoms with Gasteiger partial charge in [-0.1, -0.05) is 65.7 Å². The second-order valence-electron chi connectivity index (χ2n) is 18.2. The molecule has 6 nitrogen and oxygen atoms in total. The molecule has 0 aliphatic heterocycles. The van der Waals surface area contributed by atoms with Gasteiger partial charge in [-0.15, -0.1) is 0 Å². The molecular formula is C37H56O6. The van der Waals surface area contributed by atoms with Crippen LogP contribution in [0, 0.1) is 61.6 Å². The molecule has 7 aliphatic rings. The summed E-state index contributed by atoms with van der Waals surface area (Å²) in [6.07, 6.45) is 12.7. The van der Waals surface area contributed by atoms with Crippen LogP contribution in [0.2, 0.25) is 0 Å². The molecule has 240 valence electrons. The van der Waals surface area contributed by atoms with E-state index in [0.29, 0.717) is 25.2 Å². The van der Waals surface area contributed by atoms with Crippen LogP contribution in [0.15, 0.2) is 23.8 Å². The number of fused-ring (bicyclic) bond motifs is 6. The Bertz CT molecular complexity index is 1280. The van der Waals surface area contributed by atoms with E-state index in [1.54, 1.807) is 0 Å². The van der Waals surface area contributed by atoms with Gasteiger partial charge in [-0.2, -0.15) is 0 Å². The lowest BCUT2D eigenvalue weighted by molar-refractivity contribution is -0.279. The molecule has 0 amide bonds. The van der Waals surface area contributed by atoms with Crippen molar-refractivity contribution in [2.24, 2.45) is 61.6 Å². The average molecular weight is 597 g/mol. The van der Waals surface area contributed by atoms with Gasteiger partial charge in [0.15, 0.2) is 5.78 Å².